The molecule has 0 radical (unpaired) electrons. The number of hydrogen-bond acceptors (Lipinski definition) is 5. The minimum absolute atomic E-state index is 0.0329. The number of benzene rings is 2. The van der Waals surface area contributed by atoms with Crippen LogP contribution in [0, 0.1) is 0 Å². The molecule has 3 N–H and O–H groups in total. The van der Waals surface area contributed by atoms with Gasteiger partial charge in [0.1, 0.15) is 11.4 Å². The number of ether oxygens (including phenoxy) is 1. The first-order valence-electron chi connectivity index (χ1n) is 9.47. The Morgan fingerprint density at radius 3 is 2.42 bits per heavy atom. The molecule has 1 aromatic heterocycles. The molecule has 0 unspecified atom stereocenters. The van der Waals surface area contributed by atoms with Crippen LogP contribution in [0.2, 0.25) is 0 Å². The highest BCUT2D eigenvalue weighted by molar-refractivity contribution is 5.67. The molecular formula is C22H22F3N3O3. The molecule has 2 aromatic carbocycles. The number of halogens is 3. The van der Waals surface area contributed by atoms with E-state index in [1.54, 1.807) is 44.2 Å². The lowest BCUT2D eigenvalue weighted by Gasteiger charge is -2.18. The molecule has 3 rings (SSSR count). The van der Waals surface area contributed by atoms with Gasteiger partial charge in [-0.3, -0.25) is 9.89 Å². The third-order valence-corrected chi connectivity index (χ3v) is 4.53. The Hall–Kier alpha value is -3.33. The first kappa shape index (κ1) is 22.4. The number of alkyl halides is 3. The van der Waals surface area contributed by atoms with Crippen LogP contribution in [-0.2, 0) is 12.1 Å². The van der Waals surface area contributed by atoms with Gasteiger partial charge in [0.15, 0.2) is 6.61 Å². The van der Waals surface area contributed by atoms with Gasteiger partial charge in [0.2, 0.25) is 5.43 Å². The standard InChI is InChI=1S/C22H22F3N3O3/c1-21(2,30)15-7-9-16(10-8-15)26-11-14-12-27-28-19(20(14)29)17-5-3-4-6-18(17)31-13-22(23,24)25/h3-10,12,26,30H,11,13H2,1-2H3,(H,27,29). The van der Waals surface area contributed by atoms with Crippen LogP contribution in [0.5, 0.6) is 5.75 Å². The topological polar surface area (TPSA) is 87.2 Å². The summed E-state index contributed by atoms with van der Waals surface area (Å²) >= 11 is 0. The molecule has 0 saturated carbocycles. The molecule has 0 spiro atoms. The van der Waals surface area contributed by atoms with E-state index in [9.17, 15) is 23.1 Å². The van der Waals surface area contributed by atoms with Crippen molar-refractivity contribution < 1.29 is 23.0 Å². The first-order chi connectivity index (χ1) is 14.5. The Balaban J connectivity index is 1.81. The minimum atomic E-state index is -4.50. The smallest absolute Gasteiger partial charge is 0.422 e. The van der Waals surface area contributed by atoms with Gasteiger partial charge < -0.3 is 15.2 Å². The third kappa shape index (κ3) is 5.85. The fraction of sp³-hybridized carbons (Fsp3) is 0.273. The zero-order chi connectivity index (χ0) is 22.6. The fourth-order valence-electron chi connectivity index (χ4n) is 2.90. The number of para-hydroxylation sites is 1. The van der Waals surface area contributed by atoms with Crippen molar-refractivity contribution in [3.05, 3.63) is 76.1 Å². The molecule has 0 aliphatic rings. The molecule has 164 valence electrons. The molecule has 1 heterocycles. The fourth-order valence-corrected chi connectivity index (χ4v) is 2.90. The summed E-state index contributed by atoms with van der Waals surface area (Å²) in [6.45, 7) is 2.07. The van der Waals surface area contributed by atoms with Crippen LogP contribution in [-0.4, -0.2) is 28.1 Å². The van der Waals surface area contributed by atoms with E-state index >= 15 is 0 Å². The summed E-state index contributed by atoms with van der Waals surface area (Å²) in [5.41, 5.74) is 0.581. The van der Waals surface area contributed by atoms with Gasteiger partial charge in [-0.2, -0.15) is 18.3 Å². The summed E-state index contributed by atoms with van der Waals surface area (Å²) in [5, 5.41) is 19.7. The van der Waals surface area contributed by atoms with Crippen LogP contribution >= 0.6 is 0 Å². The summed E-state index contributed by atoms with van der Waals surface area (Å²) in [4.78, 5) is 12.9. The van der Waals surface area contributed by atoms with Crippen molar-refractivity contribution in [2.24, 2.45) is 0 Å². The Kier molecular flexibility index (Phi) is 6.35. The summed E-state index contributed by atoms with van der Waals surface area (Å²) in [6, 6.07) is 13.1. The van der Waals surface area contributed by atoms with E-state index in [2.05, 4.69) is 15.5 Å². The minimum Gasteiger partial charge on any atom is -0.483 e. The molecule has 0 atom stereocenters. The Labute approximate surface area is 176 Å². The number of nitrogens with one attached hydrogen (secondary N) is 2. The van der Waals surface area contributed by atoms with Crippen molar-refractivity contribution in [2.75, 3.05) is 11.9 Å². The van der Waals surface area contributed by atoms with Crippen molar-refractivity contribution in [1.82, 2.24) is 10.2 Å². The number of anilines is 1. The normalized spacial score (nSPS) is 11.9. The lowest BCUT2D eigenvalue weighted by molar-refractivity contribution is -0.153. The largest absolute Gasteiger partial charge is 0.483 e. The maximum atomic E-state index is 12.9. The van der Waals surface area contributed by atoms with Crippen molar-refractivity contribution in [1.29, 1.82) is 0 Å². The Morgan fingerprint density at radius 2 is 1.77 bits per heavy atom. The monoisotopic (exact) mass is 433 g/mol. The van der Waals surface area contributed by atoms with Crippen molar-refractivity contribution in [3.63, 3.8) is 0 Å². The summed E-state index contributed by atoms with van der Waals surface area (Å²) in [6.07, 6.45) is -3.07. The van der Waals surface area contributed by atoms with Gasteiger partial charge in [-0.15, -0.1) is 0 Å². The van der Waals surface area contributed by atoms with E-state index in [4.69, 9.17) is 4.74 Å². The molecule has 0 amide bonds. The highest BCUT2D eigenvalue weighted by Gasteiger charge is 2.29. The van der Waals surface area contributed by atoms with Crippen molar-refractivity contribution in [3.8, 4) is 17.0 Å². The summed E-state index contributed by atoms with van der Waals surface area (Å²) < 4.78 is 42.5. The maximum absolute atomic E-state index is 12.9. The average molecular weight is 433 g/mol. The van der Waals surface area contributed by atoms with Crippen LogP contribution in [0.3, 0.4) is 0 Å². The highest BCUT2D eigenvalue weighted by atomic mass is 19.4. The second-order valence-corrected chi connectivity index (χ2v) is 7.48. The van der Waals surface area contributed by atoms with Crippen LogP contribution in [0.4, 0.5) is 18.9 Å². The van der Waals surface area contributed by atoms with Gasteiger partial charge in [0.05, 0.1) is 5.60 Å². The van der Waals surface area contributed by atoms with Crippen molar-refractivity contribution >= 4 is 5.69 Å². The quantitative estimate of drug-likeness (QED) is 0.520. The SMILES string of the molecule is CC(C)(O)c1ccc(NCc2c[nH]nc(-c3ccccc3OCC(F)(F)F)c2=O)cc1. The van der Waals surface area contributed by atoms with E-state index < -0.39 is 23.8 Å². The molecule has 31 heavy (non-hydrogen) atoms. The molecule has 0 aliphatic heterocycles. The number of aliphatic hydroxyl groups is 1. The molecule has 6 nitrogen and oxygen atoms in total. The third-order valence-electron chi connectivity index (χ3n) is 4.53. The second-order valence-electron chi connectivity index (χ2n) is 7.48. The molecule has 0 aliphatic carbocycles. The van der Waals surface area contributed by atoms with Crippen molar-refractivity contribution in [2.45, 2.75) is 32.2 Å². The lowest BCUT2D eigenvalue weighted by Crippen LogP contribution is -2.21. The Morgan fingerprint density at radius 1 is 1.10 bits per heavy atom. The van der Waals surface area contributed by atoms with Gasteiger partial charge in [-0.1, -0.05) is 24.3 Å². The van der Waals surface area contributed by atoms with E-state index in [1.807, 2.05) is 0 Å². The van der Waals surface area contributed by atoms with Crippen LogP contribution < -0.4 is 15.5 Å². The van der Waals surface area contributed by atoms with E-state index in [0.29, 0.717) is 5.56 Å². The molecule has 3 aromatic rings. The molecule has 0 bridgehead atoms. The van der Waals surface area contributed by atoms with Gasteiger partial charge in [0, 0.05) is 29.6 Å². The maximum Gasteiger partial charge on any atom is 0.422 e. The van der Waals surface area contributed by atoms with Gasteiger partial charge in [-0.05, 0) is 43.7 Å². The first-order valence-corrected chi connectivity index (χ1v) is 9.47. The Bertz CT molecular complexity index is 1090. The summed E-state index contributed by atoms with van der Waals surface area (Å²) in [7, 11) is 0. The van der Waals surface area contributed by atoms with Crippen LogP contribution in [0.25, 0.3) is 11.3 Å². The van der Waals surface area contributed by atoms with Crippen LogP contribution in [0.15, 0.2) is 59.5 Å². The van der Waals surface area contributed by atoms with Gasteiger partial charge >= 0.3 is 6.18 Å². The molecular weight excluding hydrogens is 411 g/mol. The molecule has 0 fully saturated rings. The predicted molar refractivity (Wildman–Crippen MR) is 111 cm³/mol. The predicted octanol–water partition coefficient (Wildman–Crippen LogP) is 4.22. The molecule has 9 heteroatoms. The van der Waals surface area contributed by atoms with Gasteiger partial charge in [-0.25, -0.2) is 0 Å². The summed E-state index contributed by atoms with van der Waals surface area (Å²) in [5.74, 6) is -0.0786. The number of nitrogens with zero attached hydrogens (tertiary/aromatic N) is 1. The number of H-pyrrole nitrogens is 1. The number of aromatic nitrogens is 2. The number of aromatic amines is 1. The number of hydrogen-bond donors (Lipinski definition) is 3. The van der Waals surface area contributed by atoms with E-state index in [1.165, 1.54) is 24.4 Å². The van der Waals surface area contributed by atoms with E-state index in [0.717, 1.165) is 11.3 Å². The second kappa shape index (κ2) is 8.81. The zero-order valence-electron chi connectivity index (χ0n) is 17.0. The number of rotatable bonds is 7. The van der Waals surface area contributed by atoms with Crippen LogP contribution in [0.1, 0.15) is 25.0 Å². The lowest BCUT2D eigenvalue weighted by atomic mass is 9.98. The average Bonchev–Trinajstić information content (AvgIpc) is 2.71. The highest BCUT2D eigenvalue weighted by Crippen LogP contribution is 2.28. The molecule has 0 saturated heterocycles. The van der Waals surface area contributed by atoms with Gasteiger partial charge in [0.25, 0.3) is 0 Å². The zero-order valence-corrected chi connectivity index (χ0v) is 17.0. The van der Waals surface area contributed by atoms with E-state index in [-0.39, 0.29) is 23.6 Å².